The van der Waals surface area contributed by atoms with E-state index in [-0.39, 0.29) is 24.5 Å². The molecule has 2 saturated heterocycles. The number of hydrogen-bond acceptors (Lipinski definition) is 5. The van der Waals surface area contributed by atoms with Gasteiger partial charge in [0.25, 0.3) is 5.91 Å². The molecule has 0 radical (unpaired) electrons. The lowest BCUT2D eigenvalue weighted by Gasteiger charge is -2.14. The number of nitrogens with zero attached hydrogens (tertiary/aromatic N) is 1. The zero-order chi connectivity index (χ0) is 19.6. The number of amides is 4. The van der Waals surface area contributed by atoms with E-state index in [2.05, 4.69) is 10.6 Å². The number of carbonyl (C=O) groups is 3. The van der Waals surface area contributed by atoms with Crippen LogP contribution in [0.15, 0.2) is 24.3 Å². The summed E-state index contributed by atoms with van der Waals surface area (Å²) in [7, 11) is -3.12. The van der Waals surface area contributed by atoms with Crippen LogP contribution >= 0.6 is 0 Å². The third-order valence-corrected chi connectivity index (χ3v) is 6.38. The first-order valence-corrected chi connectivity index (χ1v) is 10.4. The quantitative estimate of drug-likeness (QED) is 0.655. The molecule has 0 unspecified atom stereocenters. The minimum Gasteiger partial charge on any atom is -0.352 e. The van der Waals surface area contributed by atoms with E-state index in [1.165, 1.54) is 12.1 Å². The number of carbonyl (C=O) groups excluding carboxylic acids is 3. The van der Waals surface area contributed by atoms with E-state index in [9.17, 15) is 27.2 Å². The molecule has 1 aromatic rings. The Kier molecular flexibility index (Phi) is 5.45. The normalized spacial score (nSPS) is 24.1. The highest BCUT2D eigenvalue weighted by Gasteiger charge is 2.39. The van der Waals surface area contributed by atoms with E-state index in [0.717, 1.165) is 4.90 Å². The van der Waals surface area contributed by atoms with Crippen molar-refractivity contribution in [2.24, 2.45) is 0 Å². The lowest BCUT2D eigenvalue weighted by Crippen LogP contribution is -2.41. The number of halogens is 1. The Morgan fingerprint density at radius 2 is 2.11 bits per heavy atom. The molecule has 0 aromatic heterocycles. The van der Waals surface area contributed by atoms with E-state index in [0.29, 0.717) is 18.4 Å². The SMILES string of the molecule is O=C(C[C@@H]1NC(=O)N(CCc2cccc(F)c2)C1=O)N[C@H]1CCS(=O)(=O)C1. The Morgan fingerprint density at radius 3 is 2.78 bits per heavy atom. The van der Waals surface area contributed by atoms with Crippen molar-refractivity contribution >= 4 is 27.7 Å². The van der Waals surface area contributed by atoms with E-state index < -0.39 is 45.6 Å². The molecule has 2 fully saturated rings. The monoisotopic (exact) mass is 397 g/mol. The molecule has 3 rings (SSSR count). The summed E-state index contributed by atoms with van der Waals surface area (Å²) >= 11 is 0. The molecule has 10 heteroatoms. The Balaban J connectivity index is 1.52. The smallest absolute Gasteiger partial charge is 0.324 e. The molecule has 2 aliphatic rings. The minimum atomic E-state index is -3.12. The summed E-state index contributed by atoms with van der Waals surface area (Å²) in [6.07, 6.45) is 0.395. The van der Waals surface area contributed by atoms with E-state index in [4.69, 9.17) is 0 Å². The summed E-state index contributed by atoms with van der Waals surface area (Å²) in [5, 5.41) is 5.05. The second-order valence-corrected chi connectivity index (χ2v) is 8.97. The van der Waals surface area contributed by atoms with Gasteiger partial charge in [-0.2, -0.15) is 0 Å². The summed E-state index contributed by atoms with van der Waals surface area (Å²) in [4.78, 5) is 37.5. The van der Waals surface area contributed by atoms with Crippen molar-refractivity contribution < 1.29 is 27.2 Å². The maximum Gasteiger partial charge on any atom is 0.324 e. The number of benzene rings is 1. The largest absolute Gasteiger partial charge is 0.352 e. The highest BCUT2D eigenvalue weighted by atomic mass is 32.2. The third-order valence-electron chi connectivity index (χ3n) is 4.61. The highest BCUT2D eigenvalue weighted by Crippen LogP contribution is 2.14. The average Bonchev–Trinajstić information content (AvgIpc) is 3.04. The molecule has 0 aliphatic carbocycles. The summed E-state index contributed by atoms with van der Waals surface area (Å²) in [5.41, 5.74) is 0.652. The first kappa shape index (κ1) is 19.3. The van der Waals surface area contributed by atoms with Gasteiger partial charge in [0, 0.05) is 12.6 Å². The van der Waals surface area contributed by atoms with Crippen molar-refractivity contribution in [3.63, 3.8) is 0 Å². The van der Waals surface area contributed by atoms with Crippen LogP contribution in [0.4, 0.5) is 9.18 Å². The van der Waals surface area contributed by atoms with Crippen molar-refractivity contribution in [2.75, 3.05) is 18.1 Å². The molecule has 4 amide bonds. The summed E-state index contributed by atoms with van der Waals surface area (Å²) in [5.74, 6) is -1.48. The van der Waals surface area contributed by atoms with Crippen molar-refractivity contribution in [1.29, 1.82) is 0 Å². The number of sulfone groups is 1. The fourth-order valence-electron chi connectivity index (χ4n) is 3.24. The van der Waals surface area contributed by atoms with Gasteiger partial charge >= 0.3 is 6.03 Å². The van der Waals surface area contributed by atoms with Gasteiger partial charge in [-0.25, -0.2) is 17.6 Å². The maximum absolute atomic E-state index is 13.2. The minimum absolute atomic E-state index is 0.0326. The molecule has 8 nitrogen and oxygen atoms in total. The van der Waals surface area contributed by atoms with Gasteiger partial charge in [0.1, 0.15) is 11.9 Å². The molecule has 27 heavy (non-hydrogen) atoms. The Morgan fingerprint density at radius 1 is 1.33 bits per heavy atom. The zero-order valence-electron chi connectivity index (χ0n) is 14.5. The number of rotatable bonds is 6. The lowest BCUT2D eigenvalue weighted by atomic mass is 10.1. The van der Waals surface area contributed by atoms with Crippen molar-refractivity contribution in [1.82, 2.24) is 15.5 Å². The summed E-state index contributed by atoms with van der Waals surface area (Å²) in [6, 6.07) is 3.84. The Hall–Kier alpha value is -2.49. The van der Waals surface area contributed by atoms with Crippen molar-refractivity contribution in [3.8, 4) is 0 Å². The van der Waals surface area contributed by atoms with Crippen LogP contribution in [0.3, 0.4) is 0 Å². The fraction of sp³-hybridized carbons (Fsp3) is 0.471. The van der Waals surface area contributed by atoms with Crippen LogP contribution in [0.25, 0.3) is 0 Å². The lowest BCUT2D eigenvalue weighted by molar-refractivity contribution is -0.131. The predicted molar refractivity (Wildman–Crippen MR) is 94.0 cm³/mol. The zero-order valence-corrected chi connectivity index (χ0v) is 15.3. The van der Waals surface area contributed by atoms with Gasteiger partial charge < -0.3 is 10.6 Å². The molecule has 0 spiro atoms. The van der Waals surface area contributed by atoms with Crippen molar-refractivity contribution in [3.05, 3.63) is 35.6 Å². The molecular weight excluding hydrogens is 377 g/mol. The summed E-state index contributed by atoms with van der Waals surface area (Å²) < 4.78 is 36.0. The van der Waals surface area contributed by atoms with Crippen LogP contribution in [0.1, 0.15) is 18.4 Å². The van der Waals surface area contributed by atoms with Gasteiger partial charge in [-0.05, 0) is 30.5 Å². The van der Waals surface area contributed by atoms with Crippen LogP contribution in [0, 0.1) is 5.82 Å². The number of nitrogens with one attached hydrogen (secondary N) is 2. The first-order valence-electron chi connectivity index (χ1n) is 8.59. The third kappa shape index (κ3) is 4.82. The van der Waals surface area contributed by atoms with Gasteiger partial charge in [-0.1, -0.05) is 12.1 Å². The maximum atomic E-state index is 13.2. The Labute approximate surface area is 156 Å². The van der Waals surface area contributed by atoms with Crippen molar-refractivity contribution in [2.45, 2.75) is 31.3 Å². The molecule has 1 aromatic carbocycles. The molecule has 2 atom stereocenters. The fourth-order valence-corrected chi connectivity index (χ4v) is 4.91. The van der Waals surface area contributed by atoms with Crippen LogP contribution in [0.5, 0.6) is 0 Å². The molecule has 146 valence electrons. The van der Waals surface area contributed by atoms with Crippen LogP contribution in [0.2, 0.25) is 0 Å². The van der Waals surface area contributed by atoms with Crippen LogP contribution in [-0.2, 0) is 25.8 Å². The van der Waals surface area contributed by atoms with Gasteiger partial charge in [-0.3, -0.25) is 14.5 Å². The first-order chi connectivity index (χ1) is 12.7. The molecule has 0 bridgehead atoms. The standard InChI is InChI=1S/C17H20FN3O5S/c18-12-3-1-2-11(8-12)4-6-21-16(23)14(20-17(21)24)9-15(22)19-13-5-7-27(25,26)10-13/h1-3,8,13-14H,4-7,9-10H2,(H,19,22)(H,20,24)/t13-,14-/m0/s1. The molecule has 2 aliphatic heterocycles. The number of hydrogen-bond donors (Lipinski definition) is 2. The van der Waals surface area contributed by atoms with E-state index in [1.54, 1.807) is 12.1 Å². The van der Waals surface area contributed by atoms with Crippen LogP contribution < -0.4 is 10.6 Å². The summed E-state index contributed by atoms with van der Waals surface area (Å²) in [6.45, 7) is 0.0765. The molecular formula is C17H20FN3O5S. The second kappa shape index (κ2) is 7.63. The second-order valence-electron chi connectivity index (χ2n) is 6.74. The molecule has 2 N–H and O–H groups in total. The van der Waals surface area contributed by atoms with E-state index in [1.807, 2.05) is 0 Å². The van der Waals surface area contributed by atoms with Crippen LogP contribution in [-0.4, -0.2) is 61.3 Å². The molecule has 0 saturated carbocycles. The average molecular weight is 397 g/mol. The van der Waals surface area contributed by atoms with E-state index >= 15 is 0 Å². The number of imide groups is 1. The van der Waals surface area contributed by atoms with Gasteiger partial charge in [0.15, 0.2) is 9.84 Å². The van der Waals surface area contributed by atoms with Gasteiger partial charge in [-0.15, -0.1) is 0 Å². The topological polar surface area (TPSA) is 113 Å². The number of urea groups is 1. The van der Waals surface area contributed by atoms with Gasteiger partial charge in [0.2, 0.25) is 5.91 Å². The predicted octanol–water partition coefficient (Wildman–Crippen LogP) is -0.0180. The van der Waals surface area contributed by atoms with Gasteiger partial charge in [0.05, 0.1) is 17.9 Å². The Bertz CT molecular complexity index is 873. The highest BCUT2D eigenvalue weighted by molar-refractivity contribution is 7.91. The molecule has 2 heterocycles.